The van der Waals surface area contributed by atoms with Gasteiger partial charge in [0.2, 0.25) is 0 Å². The van der Waals surface area contributed by atoms with Gasteiger partial charge in [-0.2, -0.15) is 0 Å². The Morgan fingerprint density at radius 2 is 2.07 bits per heavy atom. The summed E-state index contributed by atoms with van der Waals surface area (Å²) in [6, 6.07) is 4.94. The largest absolute Gasteiger partial charge is 0.527 e. The first-order chi connectivity index (χ1) is 6.44. The summed E-state index contributed by atoms with van der Waals surface area (Å²) in [6.07, 6.45) is 0. The highest BCUT2D eigenvalue weighted by atomic mass is 79.9. The van der Waals surface area contributed by atoms with E-state index in [1.807, 2.05) is 0 Å². The van der Waals surface area contributed by atoms with Gasteiger partial charge in [-0.05, 0) is 34.1 Å². The summed E-state index contributed by atoms with van der Waals surface area (Å²) in [5, 5.41) is 0. The molecule has 0 amide bonds. The molecule has 1 aromatic carbocycles. The van der Waals surface area contributed by atoms with Crippen molar-refractivity contribution in [3.63, 3.8) is 0 Å². The lowest BCUT2D eigenvalue weighted by atomic mass is 10.3. The molecule has 0 aliphatic heterocycles. The smallest absolute Gasteiger partial charge is 0.403 e. The van der Waals surface area contributed by atoms with Crippen LogP contribution in [-0.2, 0) is 9.09 Å². The van der Waals surface area contributed by atoms with Crippen LogP contribution in [0.2, 0.25) is 0 Å². The number of halogens is 2. The van der Waals surface area contributed by atoms with Crippen molar-refractivity contribution in [1.82, 2.24) is 0 Å². The van der Waals surface area contributed by atoms with E-state index in [1.54, 1.807) is 18.2 Å². The van der Waals surface area contributed by atoms with Gasteiger partial charge in [0, 0.05) is 11.6 Å². The van der Waals surface area contributed by atoms with Crippen LogP contribution in [0.3, 0.4) is 0 Å². The van der Waals surface area contributed by atoms with Gasteiger partial charge < -0.3 is 4.52 Å². The lowest BCUT2D eigenvalue weighted by Gasteiger charge is -2.11. The number of rotatable bonds is 3. The minimum Gasteiger partial charge on any atom is -0.403 e. The third-order valence-corrected chi connectivity index (χ3v) is 3.34. The van der Waals surface area contributed by atoms with Crippen LogP contribution in [0.1, 0.15) is 0 Å². The van der Waals surface area contributed by atoms with Crippen LogP contribution in [0, 0.1) is 0 Å². The van der Waals surface area contributed by atoms with E-state index in [0.717, 1.165) is 11.6 Å². The van der Waals surface area contributed by atoms with Crippen molar-refractivity contribution in [2.45, 2.75) is 0 Å². The summed E-state index contributed by atoms with van der Waals surface area (Å²) in [4.78, 5) is 9.05. The zero-order valence-electron chi connectivity index (χ0n) is 7.11. The molecular formula is C7H7Br2O4P. The predicted octanol–water partition coefficient (Wildman–Crippen LogP) is 3.34. The fourth-order valence-corrected chi connectivity index (χ4v) is 2.45. The molecule has 0 fully saturated rings. The average molecular weight is 346 g/mol. The molecule has 1 unspecified atom stereocenters. The molecule has 1 atom stereocenters. The molecule has 14 heavy (non-hydrogen) atoms. The first-order valence-corrected chi connectivity index (χ1v) is 6.56. The third kappa shape index (κ3) is 3.37. The van der Waals surface area contributed by atoms with E-state index in [4.69, 9.17) is 9.42 Å². The van der Waals surface area contributed by atoms with Gasteiger partial charge in [0.25, 0.3) is 0 Å². The normalized spacial score (nSPS) is 14.9. The molecule has 0 spiro atoms. The van der Waals surface area contributed by atoms with Gasteiger partial charge in [0.1, 0.15) is 5.75 Å². The summed E-state index contributed by atoms with van der Waals surface area (Å²) < 4.78 is 21.5. The van der Waals surface area contributed by atoms with E-state index in [2.05, 4.69) is 36.4 Å². The highest BCUT2D eigenvalue weighted by Crippen LogP contribution is 2.45. The van der Waals surface area contributed by atoms with Crippen molar-refractivity contribution < 1.29 is 18.5 Å². The first-order valence-electron chi connectivity index (χ1n) is 3.48. The number of hydrogen-bond donors (Lipinski definition) is 1. The molecule has 0 aliphatic carbocycles. The number of phosphoric acid groups is 1. The Balaban J connectivity index is 2.93. The maximum atomic E-state index is 11.1. The van der Waals surface area contributed by atoms with Crippen molar-refractivity contribution >= 4 is 39.7 Å². The zero-order chi connectivity index (χ0) is 10.8. The standard InChI is InChI=1S/C7H7Br2O4P/c1-12-14(10,11)13-7-3-2-5(8)4-6(7)9/h2-4H,1H3,(H,10,11). The first kappa shape index (κ1) is 12.2. The summed E-state index contributed by atoms with van der Waals surface area (Å²) in [6.45, 7) is 0. The minimum absolute atomic E-state index is 0.251. The van der Waals surface area contributed by atoms with Gasteiger partial charge in [-0.1, -0.05) is 15.9 Å². The molecule has 0 aromatic heterocycles. The molecular weight excluding hydrogens is 339 g/mol. The molecule has 0 saturated heterocycles. The Morgan fingerprint density at radius 3 is 2.57 bits per heavy atom. The highest BCUT2D eigenvalue weighted by Gasteiger charge is 2.21. The van der Waals surface area contributed by atoms with E-state index in [1.165, 1.54) is 0 Å². The molecule has 4 nitrogen and oxygen atoms in total. The zero-order valence-corrected chi connectivity index (χ0v) is 11.2. The second-order valence-corrected chi connectivity index (χ2v) is 5.57. The molecule has 0 heterocycles. The number of phosphoric ester groups is 1. The molecule has 0 radical (unpaired) electrons. The molecule has 0 saturated carbocycles. The molecule has 78 valence electrons. The van der Waals surface area contributed by atoms with E-state index in [9.17, 15) is 4.57 Å². The maximum Gasteiger partial charge on any atom is 0.527 e. The van der Waals surface area contributed by atoms with Crippen LogP contribution in [0.25, 0.3) is 0 Å². The van der Waals surface area contributed by atoms with Crippen LogP contribution < -0.4 is 4.52 Å². The van der Waals surface area contributed by atoms with Crippen LogP contribution in [0.5, 0.6) is 5.75 Å². The Morgan fingerprint density at radius 1 is 1.43 bits per heavy atom. The topological polar surface area (TPSA) is 55.8 Å². The second-order valence-electron chi connectivity index (χ2n) is 2.32. The second kappa shape index (κ2) is 4.77. The monoisotopic (exact) mass is 344 g/mol. The molecule has 7 heteroatoms. The summed E-state index contributed by atoms with van der Waals surface area (Å²) in [7, 11) is -2.88. The fraction of sp³-hybridized carbons (Fsp3) is 0.143. The van der Waals surface area contributed by atoms with Crippen molar-refractivity contribution in [2.24, 2.45) is 0 Å². The quantitative estimate of drug-likeness (QED) is 0.854. The Bertz CT molecular complexity index is 382. The Hall–Kier alpha value is 0.130. The maximum absolute atomic E-state index is 11.1. The van der Waals surface area contributed by atoms with Crippen molar-refractivity contribution in [3.05, 3.63) is 27.1 Å². The summed E-state index contributed by atoms with van der Waals surface area (Å²) >= 11 is 6.43. The Labute approximate surface area is 98.1 Å². The fourth-order valence-electron chi connectivity index (χ4n) is 0.711. The van der Waals surface area contributed by atoms with Crippen LogP contribution in [0.15, 0.2) is 27.1 Å². The number of hydrogen-bond acceptors (Lipinski definition) is 3. The van der Waals surface area contributed by atoms with Gasteiger partial charge in [-0.15, -0.1) is 0 Å². The minimum atomic E-state index is -3.98. The Kier molecular flexibility index (Phi) is 4.15. The van der Waals surface area contributed by atoms with Crippen LogP contribution in [0.4, 0.5) is 0 Å². The van der Waals surface area contributed by atoms with Gasteiger partial charge in [-0.3, -0.25) is 9.42 Å². The lowest BCUT2D eigenvalue weighted by molar-refractivity contribution is 0.242. The van der Waals surface area contributed by atoms with Crippen LogP contribution >= 0.6 is 39.7 Å². The van der Waals surface area contributed by atoms with Gasteiger partial charge in [-0.25, -0.2) is 4.57 Å². The van der Waals surface area contributed by atoms with E-state index < -0.39 is 7.82 Å². The third-order valence-electron chi connectivity index (χ3n) is 1.34. The van der Waals surface area contributed by atoms with Gasteiger partial charge in [0.15, 0.2) is 0 Å². The molecule has 1 aromatic rings. The van der Waals surface area contributed by atoms with Gasteiger partial charge >= 0.3 is 7.82 Å². The molecule has 0 aliphatic rings. The molecule has 0 bridgehead atoms. The number of benzene rings is 1. The van der Waals surface area contributed by atoms with Crippen LogP contribution in [-0.4, -0.2) is 12.0 Å². The average Bonchev–Trinajstić information content (AvgIpc) is 2.10. The van der Waals surface area contributed by atoms with Crippen molar-refractivity contribution in [1.29, 1.82) is 0 Å². The molecule has 1 N–H and O–H groups in total. The SMILES string of the molecule is COP(=O)(O)Oc1ccc(Br)cc1Br. The van der Waals surface area contributed by atoms with Crippen molar-refractivity contribution in [3.8, 4) is 5.75 Å². The van der Waals surface area contributed by atoms with E-state index in [0.29, 0.717) is 4.47 Å². The van der Waals surface area contributed by atoms with E-state index in [-0.39, 0.29) is 5.75 Å². The summed E-state index contributed by atoms with van der Waals surface area (Å²) in [5.74, 6) is 0.251. The lowest BCUT2D eigenvalue weighted by Crippen LogP contribution is -1.94. The highest BCUT2D eigenvalue weighted by molar-refractivity contribution is 9.11. The molecule has 1 rings (SSSR count). The van der Waals surface area contributed by atoms with E-state index >= 15 is 0 Å². The van der Waals surface area contributed by atoms with Crippen molar-refractivity contribution in [2.75, 3.05) is 7.11 Å². The van der Waals surface area contributed by atoms with Gasteiger partial charge in [0.05, 0.1) is 4.47 Å². The summed E-state index contributed by atoms with van der Waals surface area (Å²) in [5.41, 5.74) is 0. The predicted molar refractivity (Wildman–Crippen MR) is 59.3 cm³/mol.